The van der Waals surface area contributed by atoms with E-state index in [0.29, 0.717) is 12.2 Å². The summed E-state index contributed by atoms with van der Waals surface area (Å²) in [5, 5.41) is 7.57. The molecule has 0 atom stereocenters. The number of hydrogen-bond acceptors (Lipinski definition) is 4. The molecule has 0 aliphatic heterocycles. The number of carbonyl (C=O) groups is 1. The number of benzene rings is 1. The number of rotatable bonds is 8. The van der Waals surface area contributed by atoms with E-state index in [2.05, 4.69) is 6.92 Å². The molecule has 0 bridgehead atoms. The van der Waals surface area contributed by atoms with Gasteiger partial charge in [0.25, 0.3) is 0 Å². The van der Waals surface area contributed by atoms with Crippen LogP contribution in [0.1, 0.15) is 73.9 Å². The van der Waals surface area contributed by atoms with E-state index in [1.54, 1.807) is 19.1 Å². The molecule has 3 N–H and O–H groups in total. The van der Waals surface area contributed by atoms with Gasteiger partial charge in [-0.1, -0.05) is 39.0 Å². The zero-order valence-corrected chi connectivity index (χ0v) is 15.2. The second kappa shape index (κ2) is 12.9. The molecule has 0 unspecified atom stereocenters. The van der Waals surface area contributed by atoms with Crippen molar-refractivity contribution >= 4 is 11.7 Å². The van der Waals surface area contributed by atoms with Crippen LogP contribution in [0.3, 0.4) is 0 Å². The van der Waals surface area contributed by atoms with Crippen LogP contribution < -0.4 is 5.73 Å². The van der Waals surface area contributed by atoms with Gasteiger partial charge in [-0.2, -0.15) is 0 Å². The van der Waals surface area contributed by atoms with Crippen molar-refractivity contribution in [3.63, 3.8) is 0 Å². The molecule has 0 heterocycles. The number of anilines is 1. The molecule has 4 nitrogen and oxygen atoms in total. The van der Waals surface area contributed by atoms with Gasteiger partial charge in [-0.15, -0.1) is 0 Å². The number of esters is 1. The number of nitrogens with two attached hydrogens (primary N) is 1. The topological polar surface area (TPSA) is 72.5 Å². The van der Waals surface area contributed by atoms with Crippen molar-refractivity contribution in [3.05, 3.63) is 28.8 Å². The third-order valence-electron chi connectivity index (χ3n) is 3.78. The summed E-state index contributed by atoms with van der Waals surface area (Å²) in [5.41, 5.74) is 9.03. The van der Waals surface area contributed by atoms with Gasteiger partial charge in [0.1, 0.15) is 0 Å². The van der Waals surface area contributed by atoms with Gasteiger partial charge in [0, 0.05) is 12.3 Å². The average Bonchev–Trinajstić information content (AvgIpc) is 2.52. The van der Waals surface area contributed by atoms with Crippen LogP contribution in [0.2, 0.25) is 0 Å². The Hall–Kier alpha value is -1.55. The normalized spacial score (nSPS) is 9.96. The first-order chi connectivity index (χ1) is 11.0. The summed E-state index contributed by atoms with van der Waals surface area (Å²) in [6.07, 6.45) is 7.13. The number of ether oxygens (including phenoxy) is 1. The number of unbranched alkanes of at least 4 members (excludes halogenated alkanes) is 5. The first kappa shape index (κ1) is 21.4. The van der Waals surface area contributed by atoms with Gasteiger partial charge in [-0.3, -0.25) is 0 Å². The minimum atomic E-state index is -0.237. The van der Waals surface area contributed by atoms with E-state index in [1.165, 1.54) is 25.7 Å². The van der Waals surface area contributed by atoms with E-state index in [-0.39, 0.29) is 12.6 Å². The summed E-state index contributed by atoms with van der Waals surface area (Å²) in [5.74, 6) is -0.237. The number of carbonyl (C=O) groups excluding carboxylic acids is 1. The Kier molecular flexibility index (Phi) is 12.1. The van der Waals surface area contributed by atoms with Crippen LogP contribution in [-0.2, 0) is 4.74 Å². The summed E-state index contributed by atoms with van der Waals surface area (Å²) in [7, 11) is 0. The lowest BCUT2D eigenvalue weighted by Gasteiger charge is -2.10. The maximum atomic E-state index is 12.0. The lowest BCUT2D eigenvalue weighted by atomic mass is 10.0. The molecule has 0 spiro atoms. The predicted molar refractivity (Wildman–Crippen MR) is 96.7 cm³/mol. The fourth-order valence-electron chi connectivity index (χ4n) is 2.19. The quantitative estimate of drug-likeness (QED) is 0.422. The van der Waals surface area contributed by atoms with Crippen LogP contribution in [0.25, 0.3) is 0 Å². The van der Waals surface area contributed by atoms with Crippen LogP contribution in [0, 0.1) is 13.8 Å². The second-order valence-electron chi connectivity index (χ2n) is 5.67. The first-order valence-corrected chi connectivity index (χ1v) is 8.63. The molecular formula is C19H33NO3. The predicted octanol–water partition coefficient (Wildman–Crippen LogP) is 4.40. The Morgan fingerprint density at radius 3 is 2.22 bits per heavy atom. The largest absolute Gasteiger partial charge is 0.462 e. The van der Waals surface area contributed by atoms with Gasteiger partial charge in [0.05, 0.1) is 12.2 Å². The van der Waals surface area contributed by atoms with Crippen LogP contribution in [-0.4, -0.2) is 24.3 Å². The van der Waals surface area contributed by atoms with E-state index in [1.807, 2.05) is 13.8 Å². The molecule has 0 aliphatic carbocycles. The Labute approximate surface area is 141 Å². The third kappa shape index (κ3) is 8.60. The van der Waals surface area contributed by atoms with E-state index in [0.717, 1.165) is 29.7 Å². The molecule has 0 amide bonds. The highest BCUT2D eigenvalue weighted by Crippen LogP contribution is 2.20. The highest BCUT2D eigenvalue weighted by atomic mass is 16.5. The molecule has 0 radical (unpaired) electrons. The SMILES string of the molecule is CCCCCCCCOC(=O)c1ccc(N)c(C)c1C.CCO. The number of aliphatic hydroxyl groups excluding tert-OH is 1. The van der Waals surface area contributed by atoms with Crippen LogP contribution >= 0.6 is 0 Å². The average molecular weight is 323 g/mol. The molecule has 0 fully saturated rings. The molecule has 132 valence electrons. The Bertz CT molecular complexity index is 458. The summed E-state index contributed by atoms with van der Waals surface area (Å²) >= 11 is 0. The molecular weight excluding hydrogens is 290 g/mol. The highest BCUT2D eigenvalue weighted by molar-refractivity contribution is 5.92. The fraction of sp³-hybridized carbons (Fsp3) is 0.632. The minimum absolute atomic E-state index is 0.237. The molecule has 0 saturated heterocycles. The van der Waals surface area contributed by atoms with Crippen molar-refractivity contribution in [2.75, 3.05) is 18.9 Å². The molecule has 1 aromatic carbocycles. The molecule has 0 aliphatic rings. The third-order valence-corrected chi connectivity index (χ3v) is 3.78. The minimum Gasteiger partial charge on any atom is -0.462 e. The van der Waals surface area contributed by atoms with Crippen molar-refractivity contribution in [2.24, 2.45) is 0 Å². The standard InChI is InChI=1S/C17H27NO2.C2H6O/c1-4-5-6-7-8-9-12-20-17(19)15-10-11-16(18)14(3)13(15)2;1-2-3/h10-11H,4-9,12,18H2,1-3H3;3H,2H2,1H3. The van der Waals surface area contributed by atoms with Crippen LogP contribution in [0.15, 0.2) is 12.1 Å². The Morgan fingerprint density at radius 1 is 1.04 bits per heavy atom. The Morgan fingerprint density at radius 2 is 1.61 bits per heavy atom. The van der Waals surface area contributed by atoms with Crippen LogP contribution in [0.4, 0.5) is 5.69 Å². The van der Waals surface area contributed by atoms with E-state index < -0.39 is 0 Å². The zero-order valence-electron chi connectivity index (χ0n) is 15.2. The van der Waals surface area contributed by atoms with Crippen molar-refractivity contribution in [1.29, 1.82) is 0 Å². The molecule has 0 saturated carbocycles. The van der Waals surface area contributed by atoms with Gasteiger partial charge < -0.3 is 15.6 Å². The summed E-state index contributed by atoms with van der Waals surface area (Å²) in [6, 6.07) is 3.52. The summed E-state index contributed by atoms with van der Waals surface area (Å²) < 4.78 is 5.33. The van der Waals surface area contributed by atoms with Gasteiger partial charge in [0.15, 0.2) is 0 Å². The van der Waals surface area contributed by atoms with Crippen molar-refractivity contribution in [2.45, 2.75) is 66.2 Å². The van der Waals surface area contributed by atoms with Gasteiger partial charge in [0.2, 0.25) is 0 Å². The molecule has 1 aromatic rings. The molecule has 4 heteroatoms. The van der Waals surface area contributed by atoms with Gasteiger partial charge in [-0.05, 0) is 50.5 Å². The van der Waals surface area contributed by atoms with E-state index in [9.17, 15) is 4.79 Å². The number of hydrogen-bond donors (Lipinski definition) is 2. The van der Waals surface area contributed by atoms with Crippen molar-refractivity contribution in [1.82, 2.24) is 0 Å². The lowest BCUT2D eigenvalue weighted by molar-refractivity contribution is 0.0496. The Balaban J connectivity index is 0.00000149. The maximum absolute atomic E-state index is 12.0. The van der Waals surface area contributed by atoms with Crippen LogP contribution in [0.5, 0.6) is 0 Å². The summed E-state index contributed by atoms with van der Waals surface area (Å²) in [4.78, 5) is 12.0. The first-order valence-electron chi connectivity index (χ1n) is 8.63. The smallest absolute Gasteiger partial charge is 0.338 e. The maximum Gasteiger partial charge on any atom is 0.338 e. The van der Waals surface area contributed by atoms with Crippen molar-refractivity contribution < 1.29 is 14.6 Å². The van der Waals surface area contributed by atoms with Gasteiger partial charge in [-0.25, -0.2) is 4.79 Å². The van der Waals surface area contributed by atoms with Crippen molar-refractivity contribution in [3.8, 4) is 0 Å². The van der Waals surface area contributed by atoms with Gasteiger partial charge >= 0.3 is 5.97 Å². The lowest BCUT2D eigenvalue weighted by Crippen LogP contribution is -2.09. The molecule has 23 heavy (non-hydrogen) atoms. The molecule has 0 aromatic heterocycles. The number of nitrogen functional groups attached to an aromatic ring is 1. The second-order valence-corrected chi connectivity index (χ2v) is 5.67. The van der Waals surface area contributed by atoms with E-state index in [4.69, 9.17) is 15.6 Å². The monoisotopic (exact) mass is 323 g/mol. The summed E-state index contributed by atoms with van der Waals surface area (Å²) in [6.45, 7) is 8.48. The van der Waals surface area contributed by atoms with E-state index >= 15 is 0 Å². The zero-order chi connectivity index (χ0) is 17.7. The highest BCUT2D eigenvalue weighted by Gasteiger charge is 2.12. The fourth-order valence-corrected chi connectivity index (χ4v) is 2.19. The molecule has 1 rings (SSSR count). The number of aliphatic hydroxyl groups is 1.